The summed E-state index contributed by atoms with van der Waals surface area (Å²) in [5, 5.41) is 0. The van der Waals surface area contributed by atoms with Gasteiger partial charge in [0.05, 0.1) is 19.2 Å². The summed E-state index contributed by atoms with van der Waals surface area (Å²) in [5.41, 5.74) is 1.03. The van der Waals surface area contributed by atoms with Gasteiger partial charge in [-0.1, -0.05) is 32.4 Å². The largest absolute Gasteiger partial charge is 0.497 e. The van der Waals surface area contributed by atoms with Crippen LogP contribution in [0.1, 0.15) is 45.6 Å². The molecule has 27 heavy (non-hydrogen) atoms. The highest BCUT2D eigenvalue weighted by molar-refractivity contribution is 5.80. The highest BCUT2D eigenvalue weighted by Gasteiger charge is 2.46. The number of ether oxygens (including phenoxy) is 1. The minimum atomic E-state index is -0.286. The first kappa shape index (κ1) is 19.6. The van der Waals surface area contributed by atoms with E-state index in [1.807, 2.05) is 41.0 Å². The van der Waals surface area contributed by atoms with E-state index in [9.17, 15) is 9.18 Å². The van der Waals surface area contributed by atoms with Gasteiger partial charge in [0.15, 0.2) is 5.97 Å². The minimum absolute atomic E-state index is 0.0225. The number of hydrogen-bond acceptors (Lipinski definition) is 3. The number of hydrogen-bond donors (Lipinski definition) is 0. The third-order valence-corrected chi connectivity index (χ3v) is 5.71. The van der Waals surface area contributed by atoms with Crippen molar-refractivity contribution in [1.29, 1.82) is 0 Å². The number of urea groups is 1. The highest BCUT2D eigenvalue weighted by Crippen LogP contribution is 2.34. The Kier molecular flexibility index (Phi) is 6.02. The molecule has 1 aromatic rings. The van der Waals surface area contributed by atoms with E-state index in [4.69, 9.17) is 4.74 Å². The number of nitrogens with zero attached hydrogens (tertiary/aromatic N) is 3. The second-order valence-electron chi connectivity index (χ2n) is 7.80. The Hall–Kier alpha value is -2.11. The van der Waals surface area contributed by atoms with Crippen LogP contribution in [-0.4, -0.2) is 53.6 Å². The molecule has 2 aliphatic rings. The van der Waals surface area contributed by atoms with Crippen molar-refractivity contribution in [2.45, 2.75) is 64.7 Å². The van der Waals surface area contributed by atoms with Gasteiger partial charge in [-0.25, -0.2) is 4.79 Å². The molecule has 0 aliphatic carbocycles. The smallest absolute Gasteiger partial charge is 0.320 e. The van der Waals surface area contributed by atoms with Crippen LogP contribution >= 0.6 is 0 Å². The average molecular weight is 375 g/mol. The monoisotopic (exact) mass is 375 g/mol. The zero-order valence-corrected chi connectivity index (χ0v) is 16.7. The number of halogens is 1. The Morgan fingerprint density at radius 2 is 2.04 bits per heavy atom. The van der Waals surface area contributed by atoms with Crippen molar-refractivity contribution in [3.8, 4) is 5.75 Å². The lowest BCUT2D eigenvalue weighted by Gasteiger charge is -2.50. The van der Waals surface area contributed by atoms with E-state index in [1.165, 1.54) is 0 Å². The molecular weight excluding hydrogens is 345 g/mol. The predicted octanol–water partition coefficient (Wildman–Crippen LogP) is 4.27. The van der Waals surface area contributed by atoms with Crippen LogP contribution in [0.25, 0.3) is 0 Å². The van der Waals surface area contributed by atoms with Gasteiger partial charge in [-0.15, -0.1) is 0 Å². The molecular formula is C21H30FN3O2. The number of aliphatic imine (C=N–C) groups is 1. The molecule has 0 saturated carbocycles. The molecule has 0 aromatic heterocycles. The molecule has 1 aromatic carbocycles. The lowest BCUT2D eigenvalue weighted by Crippen LogP contribution is -2.65. The molecule has 5 nitrogen and oxygen atoms in total. The van der Waals surface area contributed by atoms with E-state index in [0.717, 1.165) is 24.2 Å². The number of fused-ring (bicyclic) bond motifs is 1. The number of rotatable bonds is 6. The second kappa shape index (κ2) is 8.28. The lowest BCUT2D eigenvalue weighted by molar-refractivity contribution is 0.0361. The summed E-state index contributed by atoms with van der Waals surface area (Å²) in [4.78, 5) is 21.4. The van der Waals surface area contributed by atoms with E-state index in [-0.39, 0.29) is 36.0 Å². The van der Waals surface area contributed by atoms with Crippen LogP contribution < -0.4 is 4.74 Å². The molecule has 1 fully saturated rings. The lowest BCUT2D eigenvalue weighted by atomic mass is 9.85. The van der Waals surface area contributed by atoms with Crippen LogP contribution in [-0.2, 0) is 6.54 Å². The Balaban J connectivity index is 1.86. The van der Waals surface area contributed by atoms with E-state index >= 15 is 0 Å². The van der Waals surface area contributed by atoms with Gasteiger partial charge in [-0.3, -0.25) is 4.99 Å². The quantitative estimate of drug-likeness (QED) is 0.745. The van der Waals surface area contributed by atoms with Crippen LogP contribution in [0.5, 0.6) is 5.75 Å². The molecule has 0 bridgehead atoms. The maximum Gasteiger partial charge on any atom is 0.320 e. The summed E-state index contributed by atoms with van der Waals surface area (Å²) in [7, 11) is 1.63. The van der Waals surface area contributed by atoms with Gasteiger partial charge in [0.2, 0.25) is 0 Å². The number of amides is 2. The Morgan fingerprint density at radius 1 is 1.33 bits per heavy atom. The van der Waals surface area contributed by atoms with Gasteiger partial charge in [-0.2, -0.15) is 4.39 Å². The number of benzene rings is 1. The Labute approximate surface area is 161 Å². The number of carbonyl (C=O) groups is 1. The van der Waals surface area contributed by atoms with E-state index in [2.05, 4.69) is 18.8 Å². The van der Waals surface area contributed by atoms with Crippen molar-refractivity contribution in [1.82, 2.24) is 9.80 Å². The summed E-state index contributed by atoms with van der Waals surface area (Å²) in [6, 6.07) is 7.64. The third kappa shape index (κ3) is 4.09. The molecule has 0 radical (unpaired) electrons. The number of methoxy groups -OCH3 is 1. The summed E-state index contributed by atoms with van der Waals surface area (Å²) in [6.45, 7) is 7.20. The first-order valence-electron chi connectivity index (χ1n) is 9.87. The van der Waals surface area contributed by atoms with Crippen molar-refractivity contribution in [2.24, 2.45) is 10.9 Å². The molecule has 0 spiro atoms. The Bertz CT molecular complexity index is 691. The molecule has 0 N–H and O–H groups in total. The molecule has 2 heterocycles. The van der Waals surface area contributed by atoms with E-state index in [1.54, 1.807) is 7.11 Å². The maximum absolute atomic E-state index is 14.0. The SMILES string of the molecule is CCCC(C)N1C(=O)N(Cc2ccc(OC)cc2)CC2N=C(F)CC(C)C21. The van der Waals surface area contributed by atoms with Gasteiger partial charge < -0.3 is 14.5 Å². The molecule has 3 rings (SSSR count). The zero-order valence-electron chi connectivity index (χ0n) is 16.7. The fourth-order valence-electron chi connectivity index (χ4n) is 4.40. The molecule has 2 aliphatic heterocycles. The molecule has 2 amide bonds. The fraction of sp³-hybridized carbons (Fsp3) is 0.619. The van der Waals surface area contributed by atoms with E-state index in [0.29, 0.717) is 19.5 Å². The van der Waals surface area contributed by atoms with Crippen LogP contribution in [0.3, 0.4) is 0 Å². The first-order chi connectivity index (χ1) is 12.9. The van der Waals surface area contributed by atoms with Gasteiger partial charge in [0.25, 0.3) is 0 Å². The third-order valence-electron chi connectivity index (χ3n) is 5.71. The van der Waals surface area contributed by atoms with E-state index < -0.39 is 0 Å². The minimum Gasteiger partial charge on any atom is -0.497 e. The predicted molar refractivity (Wildman–Crippen MR) is 105 cm³/mol. The molecule has 148 valence electrons. The molecule has 4 atom stereocenters. The standard InChI is InChI=1S/C21H30FN3O2/c1-5-6-15(3)25-20-14(2)11-19(22)23-18(20)13-24(21(25)26)12-16-7-9-17(27-4)10-8-16/h7-10,14-15,18,20H,5-6,11-13H2,1-4H3. The van der Waals surface area contributed by atoms with Gasteiger partial charge in [0.1, 0.15) is 5.75 Å². The normalized spacial score (nSPS) is 26.5. The van der Waals surface area contributed by atoms with Gasteiger partial charge >= 0.3 is 6.03 Å². The number of carbonyl (C=O) groups excluding carboxylic acids is 1. The summed E-state index contributed by atoms with van der Waals surface area (Å²) in [6.07, 6.45) is 2.26. The molecule has 6 heteroatoms. The summed E-state index contributed by atoms with van der Waals surface area (Å²) >= 11 is 0. The second-order valence-corrected chi connectivity index (χ2v) is 7.80. The fourth-order valence-corrected chi connectivity index (χ4v) is 4.40. The van der Waals surface area contributed by atoms with Gasteiger partial charge in [-0.05, 0) is 37.0 Å². The van der Waals surface area contributed by atoms with Gasteiger partial charge in [0, 0.05) is 25.6 Å². The summed E-state index contributed by atoms with van der Waals surface area (Å²) in [5.74, 6) is 0.583. The maximum atomic E-state index is 14.0. The summed E-state index contributed by atoms with van der Waals surface area (Å²) < 4.78 is 19.2. The van der Waals surface area contributed by atoms with Crippen LogP contribution in [0, 0.1) is 5.92 Å². The van der Waals surface area contributed by atoms with Crippen LogP contribution in [0.4, 0.5) is 9.18 Å². The molecule has 4 unspecified atom stereocenters. The van der Waals surface area contributed by atoms with Crippen molar-refractivity contribution in [3.63, 3.8) is 0 Å². The van der Waals surface area contributed by atoms with Crippen molar-refractivity contribution >= 4 is 12.0 Å². The Morgan fingerprint density at radius 3 is 2.67 bits per heavy atom. The highest BCUT2D eigenvalue weighted by atomic mass is 19.1. The van der Waals surface area contributed by atoms with Crippen LogP contribution in [0.15, 0.2) is 29.3 Å². The molecule has 1 saturated heterocycles. The topological polar surface area (TPSA) is 45.1 Å². The first-order valence-corrected chi connectivity index (χ1v) is 9.87. The van der Waals surface area contributed by atoms with Crippen LogP contribution in [0.2, 0.25) is 0 Å². The zero-order chi connectivity index (χ0) is 19.6. The average Bonchev–Trinajstić information content (AvgIpc) is 2.63. The van der Waals surface area contributed by atoms with Crippen molar-refractivity contribution in [2.75, 3.05) is 13.7 Å². The van der Waals surface area contributed by atoms with Crippen molar-refractivity contribution in [3.05, 3.63) is 29.8 Å². The van der Waals surface area contributed by atoms with Crippen molar-refractivity contribution < 1.29 is 13.9 Å².